The summed E-state index contributed by atoms with van der Waals surface area (Å²) in [6.07, 6.45) is 2.43. The van der Waals surface area contributed by atoms with Crippen molar-refractivity contribution in [1.29, 1.82) is 0 Å². The number of nitrogens with zero attached hydrogens (tertiary/aromatic N) is 3. The minimum Gasteiger partial charge on any atom is -0.371 e. The molecule has 12 heteroatoms. The zero-order chi connectivity index (χ0) is 25.2. The predicted octanol–water partition coefficient (Wildman–Crippen LogP) is 5.37. The van der Waals surface area contributed by atoms with Gasteiger partial charge in [-0.3, -0.25) is 10.1 Å². The number of halogens is 2. The topological polar surface area (TPSA) is 104 Å². The number of benzene rings is 2. The minimum atomic E-state index is -3.95. The average Bonchev–Trinajstić information content (AvgIpc) is 3.28. The van der Waals surface area contributed by atoms with Gasteiger partial charge in [-0.05, 0) is 61.6 Å². The molecule has 1 saturated heterocycles. The van der Waals surface area contributed by atoms with Gasteiger partial charge >= 0.3 is 0 Å². The molecule has 1 amide bonds. The summed E-state index contributed by atoms with van der Waals surface area (Å²) in [6, 6.07) is 11.9. The van der Waals surface area contributed by atoms with Crippen LogP contribution in [0.25, 0.3) is 0 Å². The van der Waals surface area contributed by atoms with E-state index >= 15 is 0 Å². The van der Waals surface area contributed by atoms with Gasteiger partial charge in [0.05, 0.1) is 10.6 Å². The Bertz CT molecular complexity index is 1310. The van der Waals surface area contributed by atoms with E-state index in [1.807, 2.05) is 24.3 Å². The number of nitrogens with one attached hydrogen (secondary N) is 2. The summed E-state index contributed by atoms with van der Waals surface area (Å²) in [7, 11) is -3.95. The Morgan fingerprint density at radius 3 is 2.60 bits per heavy atom. The average molecular weight is 555 g/mol. The summed E-state index contributed by atoms with van der Waals surface area (Å²) in [5, 5.41) is 10.6. The van der Waals surface area contributed by atoms with Crippen LogP contribution < -0.4 is 14.9 Å². The van der Waals surface area contributed by atoms with Gasteiger partial charge in [-0.1, -0.05) is 53.6 Å². The first-order chi connectivity index (χ1) is 16.6. The van der Waals surface area contributed by atoms with Crippen LogP contribution in [0.1, 0.15) is 48.7 Å². The van der Waals surface area contributed by atoms with Crippen LogP contribution in [-0.4, -0.2) is 37.6 Å². The van der Waals surface area contributed by atoms with Crippen molar-refractivity contribution in [2.75, 3.05) is 23.3 Å². The van der Waals surface area contributed by atoms with Crippen molar-refractivity contribution < 1.29 is 13.2 Å². The third kappa shape index (κ3) is 6.31. The third-order valence-corrected chi connectivity index (χ3v) is 9.07. The number of hydrogen-bond donors (Lipinski definition) is 2. The molecule has 4 rings (SSSR count). The summed E-state index contributed by atoms with van der Waals surface area (Å²) < 4.78 is 28.1. The maximum absolute atomic E-state index is 12.9. The molecule has 0 saturated carbocycles. The van der Waals surface area contributed by atoms with Crippen LogP contribution in [0.4, 0.5) is 10.8 Å². The summed E-state index contributed by atoms with van der Waals surface area (Å²) in [5.74, 6) is 0.121. The summed E-state index contributed by atoms with van der Waals surface area (Å²) in [4.78, 5) is 14.8. The fourth-order valence-electron chi connectivity index (χ4n) is 3.96. The molecule has 1 aliphatic rings. The largest absolute Gasteiger partial charge is 0.371 e. The first-order valence-corrected chi connectivity index (χ1v) is 14.1. The van der Waals surface area contributed by atoms with E-state index in [0.29, 0.717) is 10.9 Å². The zero-order valence-corrected chi connectivity index (χ0v) is 22.3. The molecule has 0 bridgehead atoms. The number of aromatic nitrogens is 2. The molecular formula is C23H25Cl2N5O3S2. The lowest BCUT2D eigenvalue weighted by Crippen LogP contribution is -2.34. The molecule has 3 aromatic rings. The van der Waals surface area contributed by atoms with Gasteiger partial charge in [0.1, 0.15) is 0 Å². The van der Waals surface area contributed by atoms with Crippen molar-refractivity contribution in [3.8, 4) is 0 Å². The maximum Gasteiger partial charge on any atom is 0.270 e. The number of carbonyl (C=O) groups excluding carboxylic acids is 1. The van der Waals surface area contributed by atoms with E-state index in [-0.39, 0.29) is 20.1 Å². The second kappa shape index (κ2) is 10.8. The van der Waals surface area contributed by atoms with Crippen LogP contribution in [0.15, 0.2) is 46.8 Å². The van der Waals surface area contributed by atoms with Crippen LogP contribution >= 0.6 is 34.5 Å². The first-order valence-electron chi connectivity index (χ1n) is 11.1. The van der Waals surface area contributed by atoms with Crippen LogP contribution in [0.3, 0.4) is 0 Å². The number of amides is 1. The molecule has 0 radical (unpaired) electrons. The van der Waals surface area contributed by atoms with E-state index in [9.17, 15) is 13.2 Å². The minimum absolute atomic E-state index is 0.0363. The molecule has 0 spiro atoms. The Hall–Kier alpha value is -2.24. The molecule has 186 valence electrons. The highest BCUT2D eigenvalue weighted by Gasteiger charge is 2.24. The molecular weight excluding hydrogens is 529 g/mol. The van der Waals surface area contributed by atoms with Crippen LogP contribution in [0.5, 0.6) is 0 Å². The highest BCUT2D eigenvalue weighted by Crippen LogP contribution is 2.27. The first kappa shape index (κ1) is 25.8. The molecule has 1 aromatic heterocycles. The lowest BCUT2D eigenvalue weighted by atomic mass is 9.99. The highest BCUT2D eigenvalue weighted by atomic mass is 35.5. The number of hydrogen-bond acceptors (Lipinski definition) is 7. The second-order valence-electron chi connectivity index (χ2n) is 8.58. The normalized spacial score (nSPS) is 17.3. The Kier molecular flexibility index (Phi) is 7.97. The lowest BCUT2D eigenvalue weighted by Gasteiger charge is -2.33. The number of sulfonamides is 1. The summed E-state index contributed by atoms with van der Waals surface area (Å²) in [5.41, 5.74) is 2.16. The van der Waals surface area contributed by atoms with Crippen LogP contribution in [0, 0.1) is 5.92 Å². The maximum atomic E-state index is 12.9. The van der Waals surface area contributed by atoms with Gasteiger partial charge in [-0.2, -0.15) is 0 Å². The van der Waals surface area contributed by atoms with Gasteiger partial charge in [0, 0.05) is 29.8 Å². The van der Waals surface area contributed by atoms with E-state index in [0.717, 1.165) is 35.7 Å². The molecule has 8 nitrogen and oxygen atoms in total. The molecule has 1 fully saturated rings. The number of piperidine rings is 1. The molecule has 1 aliphatic heterocycles. The van der Waals surface area contributed by atoms with E-state index in [1.165, 1.54) is 31.0 Å². The van der Waals surface area contributed by atoms with Crippen LogP contribution in [0.2, 0.25) is 10.0 Å². The van der Waals surface area contributed by atoms with Crippen molar-refractivity contribution >= 4 is 61.3 Å². The molecule has 2 heterocycles. The van der Waals surface area contributed by atoms with E-state index in [2.05, 4.69) is 32.1 Å². The Balaban J connectivity index is 1.40. The zero-order valence-electron chi connectivity index (χ0n) is 19.2. The van der Waals surface area contributed by atoms with Gasteiger partial charge in [-0.25, -0.2) is 13.1 Å². The summed E-state index contributed by atoms with van der Waals surface area (Å²) in [6.45, 7) is 6.09. The SMILES string of the molecule is C[C@H]1CCCN(c2ccc([C@H](C)NS(=O)(=O)c3nnc(NC(=O)c4ccc(Cl)cc4Cl)s3)cc2)C1. The second-order valence-corrected chi connectivity index (χ2v) is 12.3. The Morgan fingerprint density at radius 1 is 1.17 bits per heavy atom. The molecule has 2 N–H and O–H groups in total. The highest BCUT2D eigenvalue weighted by molar-refractivity contribution is 7.91. The van der Waals surface area contributed by atoms with E-state index in [4.69, 9.17) is 23.2 Å². The van der Waals surface area contributed by atoms with Gasteiger partial charge in [0.15, 0.2) is 0 Å². The van der Waals surface area contributed by atoms with Crippen molar-refractivity contribution in [2.24, 2.45) is 5.92 Å². The fourth-order valence-corrected chi connectivity index (χ4v) is 6.59. The standard InChI is InChI=1S/C23H25Cl2N5O3S2/c1-14-4-3-11-30(13-14)18-8-5-16(6-9-18)15(2)29-35(32,33)23-28-27-22(34-23)26-21(31)19-10-7-17(24)12-20(19)25/h5-10,12,14-15,29H,3-4,11,13H2,1-2H3,(H,26,27,31)/t14-,15-/m0/s1. The fraction of sp³-hybridized carbons (Fsp3) is 0.348. The smallest absolute Gasteiger partial charge is 0.270 e. The predicted molar refractivity (Wildman–Crippen MR) is 140 cm³/mol. The Morgan fingerprint density at radius 2 is 1.91 bits per heavy atom. The van der Waals surface area contributed by atoms with E-state index in [1.54, 1.807) is 6.92 Å². The van der Waals surface area contributed by atoms with Crippen molar-refractivity contribution in [1.82, 2.24) is 14.9 Å². The number of carbonyl (C=O) groups is 1. The van der Waals surface area contributed by atoms with E-state index < -0.39 is 22.0 Å². The molecule has 2 aromatic carbocycles. The lowest BCUT2D eigenvalue weighted by molar-refractivity contribution is 0.102. The third-order valence-electron chi connectivity index (χ3n) is 5.78. The molecule has 2 atom stereocenters. The van der Waals surface area contributed by atoms with Crippen molar-refractivity contribution in [3.05, 3.63) is 63.6 Å². The van der Waals surface area contributed by atoms with Gasteiger partial charge in [-0.15, -0.1) is 10.2 Å². The quantitative estimate of drug-likeness (QED) is 0.381. The monoisotopic (exact) mass is 553 g/mol. The molecule has 0 aliphatic carbocycles. The van der Waals surface area contributed by atoms with Gasteiger partial charge in [0.2, 0.25) is 9.47 Å². The summed E-state index contributed by atoms with van der Waals surface area (Å²) >= 11 is 12.7. The molecule has 35 heavy (non-hydrogen) atoms. The number of anilines is 2. The van der Waals surface area contributed by atoms with Crippen LogP contribution in [-0.2, 0) is 10.0 Å². The van der Waals surface area contributed by atoms with Gasteiger partial charge in [0.25, 0.3) is 15.9 Å². The molecule has 0 unspecified atom stereocenters. The Labute approximate surface area is 218 Å². The van der Waals surface area contributed by atoms with Crippen molar-refractivity contribution in [3.63, 3.8) is 0 Å². The van der Waals surface area contributed by atoms with Gasteiger partial charge < -0.3 is 4.90 Å². The van der Waals surface area contributed by atoms with Crippen molar-refractivity contribution in [2.45, 2.75) is 37.1 Å². The number of rotatable bonds is 7.